The Morgan fingerprint density at radius 1 is 1.32 bits per heavy atom. The van der Waals surface area contributed by atoms with Crippen LogP contribution in [0.25, 0.3) is 0 Å². The molecule has 0 unspecified atom stereocenters. The van der Waals surface area contributed by atoms with Gasteiger partial charge in [-0.25, -0.2) is 0 Å². The van der Waals surface area contributed by atoms with Crippen LogP contribution in [0.3, 0.4) is 0 Å². The fraction of sp³-hybridized carbons (Fsp3) is 0.647. The predicted octanol–water partition coefficient (Wildman–Crippen LogP) is 1.67. The summed E-state index contributed by atoms with van der Waals surface area (Å²) in [6.07, 6.45) is 4.64. The van der Waals surface area contributed by atoms with Gasteiger partial charge in [0.05, 0.1) is 6.54 Å². The van der Waals surface area contributed by atoms with E-state index in [9.17, 15) is 9.59 Å². The average Bonchev–Trinajstić information content (AvgIpc) is 2.82. The number of carbonyl (C=O) groups excluding carboxylic acids is 2. The number of hydrogen-bond donors (Lipinski definition) is 1. The minimum absolute atomic E-state index is 0.00695. The summed E-state index contributed by atoms with van der Waals surface area (Å²) in [5.41, 5.74) is 1.77. The molecule has 5 nitrogen and oxygen atoms in total. The zero-order valence-corrected chi connectivity index (χ0v) is 13.5. The second kappa shape index (κ2) is 5.88. The number of rotatable bonds is 2. The molecule has 1 N–H and O–H groups in total. The molecule has 0 bridgehead atoms. The first-order valence-electron chi connectivity index (χ1n) is 8.12. The maximum atomic E-state index is 12.9. The number of aromatic nitrogens is 1. The van der Waals surface area contributed by atoms with Gasteiger partial charge < -0.3 is 14.8 Å². The van der Waals surface area contributed by atoms with Crippen LogP contribution in [0, 0.1) is 11.3 Å². The molecule has 1 aromatic heterocycles. The lowest BCUT2D eigenvalue weighted by atomic mass is 9.91. The Hall–Kier alpha value is -1.62. The monoisotopic (exact) mass is 303 g/mol. The van der Waals surface area contributed by atoms with Crippen molar-refractivity contribution in [2.45, 2.75) is 39.8 Å². The number of hydrogen-bond acceptors (Lipinski definition) is 3. The second-order valence-corrected chi connectivity index (χ2v) is 7.39. The van der Waals surface area contributed by atoms with Crippen molar-refractivity contribution in [2.24, 2.45) is 11.3 Å². The summed E-state index contributed by atoms with van der Waals surface area (Å²) in [6, 6.07) is 1.91. The zero-order valence-electron chi connectivity index (χ0n) is 13.5. The molecular formula is C17H25N3O2. The molecule has 1 aromatic rings. The molecule has 120 valence electrons. The fourth-order valence-electron chi connectivity index (χ4n) is 3.69. The lowest BCUT2D eigenvalue weighted by molar-refractivity contribution is -0.138. The van der Waals surface area contributed by atoms with E-state index >= 15 is 0 Å². The van der Waals surface area contributed by atoms with E-state index in [2.05, 4.69) is 23.7 Å². The van der Waals surface area contributed by atoms with E-state index in [0.29, 0.717) is 12.1 Å². The molecule has 5 heteroatoms. The summed E-state index contributed by atoms with van der Waals surface area (Å²) < 4.78 is 2.14. The Labute approximate surface area is 131 Å². The van der Waals surface area contributed by atoms with Crippen molar-refractivity contribution in [3.05, 3.63) is 23.5 Å². The standard InChI is InChI=1S/C17H25N3O2/c1-17(2)11-19-8-13(10-21)7-15(19)9-20(12-17)16(22)14-3-5-18-6-4-14/h7-8,10,14,18H,3-6,9,11-12H2,1-2H3. The number of aldehydes is 1. The van der Waals surface area contributed by atoms with Crippen molar-refractivity contribution >= 4 is 12.2 Å². The van der Waals surface area contributed by atoms with Crippen LogP contribution in [0.1, 0.15) is 42.7 Å². The van der Waals surface area contributed by atoms with Gasteiger partial charge in [0.15, 0.2) is 6.29 Å². The highest BCUT2D eigenvalue weighted by molar-refractivity contribution is 5.79. The third kappa shape index (κ3) is 3.09. The number of piperidine rings is 1. The van der Waals surface area contributed by atoms with Gasteiger partial charge in [0.1, 0.15) is 0 Å². The number of nitrogens with one attached hydrogen (secondary N) is 1. The van der Waals surface area contributed by atoms with Gasteiger partial charge in [-0.05, 0) is 32.0 Å². The highest BCUT2D eigenvalue weighted by atomic mass is 16.2. The molecule has 0 aliphatic carbocycles. The first kappa shape index (κ1) is 15.3. The quantitative estimate of drug-likeness (QED) is 0.846. The smallest absolute Gasteiger partial charge is 0.226 e. The van der Waals surface area contributed by atoms with E-state index in [4.69, 9.17) is 0 Å². The summed E-state index contributed by atoms with van der Waals surface area (Å²) in [4.78, 5) is 25.9. The molecule has 3 rings (SSSR count). The summed E-state index contributed by atoms with van der Waals surface area (Å²) in [5.74, 6) is 0.418. The van der Waals surface area contributed by atoms with Gasteiger partial charge in [0, 0.05) is 41.9 Å². The zero-order chi connectivity index (χ0) is 15.7. The van der Waals surface area contributed by atoms with Crippen LogP contribution in [-0.2, 0) is 17.9 Å². The van der Waals surface area contributed by atoms with Crippen LogP contribution >= 0.6 is 0 Å². The van der Waals surface area contributed by atoms with Crippen molar-refractivity contribution in [1.82, 2.24) is 14.8 Å². The summed E-state index contributed by atoms with van der Waals surface area (Å²) in [6.45, 7) is 8.45. The molecule has 0 atom stereocenters. The van der Waals surface area contributed by atoms with E-state index < -0.39 is 0 Å². The maximum absolute atomic E-state index is 12.9. The van der Waals surface area contributed by atoms with Gasteiger partial charge in [0.25, 0.3) is 0 Å². The Kier molecular flexibility index (Phi) is 4.08. The average molecular weight is 303 g/mol. The van der Waals surface area contributed by atoms with Crippen LogP contribution in [0.15, 0.2) is 12.3 Å². The van der Waals surface area contributed by atoms with Gasteiger partial charge in [-0.1, -0.05) is 13.8 Å². The first-order valence-corrected chi connectivity index (χ1v) is 8.12. The maximum Gasteiger partial charge on any atom is 0.226 e. The lowest BCUT2D eigenvalue weighted by Crippen LogP contribution is -2.43. The number of amides is 1. The van der Waals surface area contributed by atoms with Crippen LogP contribution < -0.4 is 5.32 Å². The second-order valence-electron chi connectivity index (χ2n) is 7.39. The van der Waals surface area contributed by atoms with E-state index in [1.165, 1.54) is 0 Å². The Balaban J connectivity index is 1.84. The molecule has 0 saturated carbocycles. The van der Waals surface area contributed by atoms with E-state index in [0.717, 1.165) is 51.0 Å². The van der Waals surface area contributed by atoms with Crippen LogP contribution in [-0.4, -0.2) is 41.3 Å². The highest BCUT2D eigenvalue weighted by Crippen LogP contribution is 2.29. The van der Waals surface area contributed by atoms with Gasteiger partial charge in [0.2, 0.25) is 5.91 Å². The molecule has 2 aliphatic rings. The van der Waals surface area contributed by atoms with Crippen molar-refractivity contribution in [3.63, 3.8) is 0 Å². The normalized spacial score (nSPS) is 22.0. The topological polar surface area (TPSA) is 54.3 Å². The molecule has 1 fully saturated rings. The van der Waals surface area contributed by atoms with Gasteiger partial charge in [-0.2, -0.15) is 0 Å². The van der Waals surface area contributed by atoms with E-state index in [1.54, 1.807) is 0 Å². The van der Waals surface area contributed by atoms with Gasteiger partial charge >= 0.3 is 0 Å². The van der Waals surface area contributed by atoms with Crippen molar-refractivity contribution < 1.29 is 9.59 Å². The van der Waals surface area contributed by atoms with Crippen LogP contribution in [0.4, 0.5) is 0 Å². The van der Waals surface area contributed by atoms with Gasteiger partial charge in [-0.15, -0.1) is 0 Å². The Bertz CT molecular complexity index is 570. The third-order valence-corrected chi connectivity index (χ3v) is 4.71. The third-order valence-electron chi connectivity index (χ3n) is 4.71. The van der Waals surface area contributed by atoms with Crippen LogP contribution in [0.5, 0.6) is 0 Å². The van der Waals surface area contributed by atoms with E-state index in [1.807, 2.05) is 17.2 Å². The summed E-state index contributed by atoms with van der Waals surface area (Å²) in [5, 5.41) is 3.31. The van der Waals surface area contributed by atoms with Gasteiger partial charge in [-0.3, -0.25) is 9.59 Å². The first-order chi connectivity index (χ1) is 10.5. The summed E-state index contributed by atoms with van der Waals surface area (Å²) >= 11 is 0. The van der Waals surface area contributed by atoms with Crippen molar-refractivity contribution in [2.75, 3.05) is 19.6 Å². The van der Waals surface area contributed by atoms with Crippen LogP contribution in [0.2, 0.25) is 0 Å². The SMILES string of the molecule is CC1(C)CN(C(=O)C2CCNCC2)Cc2cc(C=O)cn2C1. The highest BCUT2D eigenvalue weighted by Gasteiger charge is 2.33. The molecule has 2 aliphatic heterocycles. The molecule has 0 radical (unpaired) electrons. The Morgan fingerprint density at radius 3 is 2.73 bits per heavy atom. The predicted molar refractivity (Wildman–Crippen MR) is 84.6 cm³/mol. The molecule has 0 spiro atoms. The lowest BCUT2D eigenvalue weighted by Gasteiger charge is -2.33. The molecule has 0 aromatic carbocycles. The van der Waals surface area contributed by atoms with Crippen molar-refractivity contribution in [3.8, 4) is 0 Å². The summed E-state index contributed by atoms with van der Waals surface area (Å²) in [7, 11) is 0. The fourth-order valence-corrected chi connectivity index (χ4v) is 3.69. The number of fused-ring (bicyclic) bond motifs is 1. The number of nitrogens with zero attached hydrogens (tertiary/aromatic N) is 2. The largest absolute Gasteiger partial charge is 0.348 e. The Morgan fingerprint density at radius 2 is 2.05 bits per heavy atom. The molecular weight excluding hydrogens is 278 g/mol. The molecule has 3 heterocycles. The van der Waals surface area contributed by atoms with Crippen molar-refractivity contribution in [1.29, 1.82) is 0 Å². The van der Waals surface area contributed by atoms with E-state index in [-0.39, 0.29) is 17.2 Å². The molecule has 1 saturated heterocycles. The number of carbonyl (C=O) groups is 2. The molecule has 22 heavy (non-hydrogen) atoms. The minimum atomic E-state index is 0.00695. The molecule has 1 amide bonds. The minimum Gasteiger partial charge on any atom is -0.348 e.